The Balaban J connectivity index is 1.91. The monoisotopic (exact) mass is 334 g/mol. The highest BCUT2D eigenvalue weighted by atomic mass is 16.5. The second-order valence-electron chi connectivity index (χ2n) is 6.79. The van der Waals surface area contributed by atoms with Gasteiger partial charge in [-0.25, -0.2) is 4.79 Å². The zero-order chi connectivity index (χ0) is 17.6. The third kappa shape index (κ3) is 2.58. The lowest BCUT2D eigenvalue weighted by atomic mass is 9.92. The van der Waals surface area contributed by atoms with E-state index in [0.717, 1.165) is 23.2 Å². The van der Waals surface area contributed by atoms with Gasteiger partial charge in [-0.2, -0.15) is 0 Å². The highest BCUT2D eigenvalue weighted by Gasteiger charge is 2.35. The number of aromatic nitrogens is 1. The first-order valence-corrected chi connectivity index (χ1v) is 8.60. The van der Waals surface area contributed by atoms with Crippen molar-refractivity contribution in [1.29, 1.82) is 0 Å². The number of methoxy groups -OCH3 is 1. The Morgan fingerprint density at radius 1 is 1.12 bits per heavy atom. The predicted octanol–water partition coefficient (Wildman–Crippen LogP) is 4.50. The minimum Gasteiger partial charge on any atom is -0.453 e. The van der Waals surface area contributed by atoms with E-state index in [1.807, 2.05) is 4.90 Å². The van der Waals surface area contributed by atoms with E-state index in [4.69, 9.17) is 4.74 Å². The number of aromatic amines is 1. The van der Waals surface area contributed by atoms with Crippen molar-refractivity contribution < 1.29 is 9.53 Å². The summed E-state index contributed by atoms with van der Waals surface area (Å²) in [6, 6.07) is 14.7. The number of hydrogen-bond acceptors (Lipinski definition) is 2. The molecule has 0 fully saturated rings. The molecular weight excluding hydrogens is 312 g/mol. The summed E-state index contributed by atoms with van der Waals surface area (Å²) in [6.45, 7) is 4.83. The van der Waals surface area contributed by atoms with Gasteiger partial charge < -0.3 is 9.72 Å². The summed E-state index contributed by atoms with van der Waals surface area (Å²) in [4.78, 5) is 17.8. The number of hydrogen-bond donors (Lipinski definition) is 1. The molecule has 0 bridgehead atoms. The fourth-order valence-electron chi connectivity index (χ4n) is 3.81. The van der Waals surface area contributed by atoms with Crippen molar-refractivity contribution in [3.05, 3.63) is 70.4 Å². The predicted molar refractivity (Wildman–Crippen MR) is 98.9 cm³/mol. The number of carbonyl (C=O) groups is 1. The number of carbonyl (C=O) groups excluding carboxylic acids is 1. The molecule has 0 saturated carbocycles. The maximum Gasteiger partial charge on any atom is 0.410 e. The molecule has 0 saturated heterocycles. The molecule has 2 aromatic carbocycles. The van der Waals surface area contributed by atoms with Gasteiger partial charge in [0.1, 0.15) is 6.04 Å². The van der Waals surface area contributed by atoms with E-state index in [0.29, 0.717) is 6.54 Å². The van der Waals surface area contributed by atoms with Gasteiger partial charge in [0.25, 0.3) is 0 Å². The molecule has 25 heavy (non-hydrogen) atoms. The van der Waals surface area contributed by atoms with Gasteiger partial charge in [0, 0.05) is 23.1 Å². The van der Waals surface area contributed by atoms with Crippen LogP contribution in [0.3, 0.4) is 0 Å². The zero-order valence-corrected chi connectivity index (χ0v) is 14.8. The van der Waals surface area contributed by atoms with E-state index in [1.54, 1.807) is 0 Å². The molecule has 1 atom stereocenters. The van der Waals surface area contributed by atoms with Crippen LogP contribution in [-0.4, -0.2) is 29.6 Å². The number of nitrogens with zero attached hydrogens (tertiary/aromatic N) is 1. The number of benzene rings is 2. The second-order valence-corrected chi connectivity index (χ2v) is 6.79. The molecule has 4 nitrogen and oxygen atoms in total. The van der Waals surface area contributed by atoms with Crippen LogP contribution < -0.4 is 0 Å². The van der Waals surface area contributed by atoms with Crippen molar-refractivity contribution in [3.8, 4) is 0 Å². The molecular formula is C21H22N2O2. The Kier molecular flexibility index (Phi) is 3.75. The molecule has 1 N–H and O–H groups in total. The molecule has 1 amide bonds. The highest BCUT2D eigenvalue weighted by molar-refractivity contribution is 5.86. The van der Waals surface area contributed by atoms with Crippen molar-refractivity contribution in [2.75, 3.05) is 13.7 Å². The normalized spacial score (nSPS) is 16.8. The fraction of sp³-hybridized carbons (Fsp3) is 0.286. The van der Waals surface area contributed by atoms with Crippen LogP contribution in [0.25, 0.3) is 10.9 Å². The topological polar surface area (TPSA) is 45.3 Å². The largest absolute Gasteiger partial charge is 0.453 e. The lowest BCUT2D eigenvalue weighted by Gasteiger charge is -2.35. The third-order valence-corrected chi connectivity index (χ3v) is 5.08. The van der Waals surface area contributed by atoms with Gasteiger partial charge in [-0.1, -0.05) is 41.5 Å². The number of ether oxygens (including phenoxy) is 1. The summed E-state index contributed by atoms with van der Waals surface area (Å²) in [5.74, 6) is 0. The molecule has 1 aliphatic rings. The van der Waals surface area contributed by atoms with Crippen molar-refractivity contribution in [2.45, 2.75) is 26.3 Å². The number of amides is 1. The van der Waals surface area contributed by atoms with Crippen LogP contribution in [0, 0.1) is 13.8 Å². The Labute approximate surface area is 147 Å². The second kappa shape index (κ2) is 5.96. The van der Waals surface area contributed by atoms with E-state index in [1.165, 1.54) is 29.2 Å². The minimum absolute atomic E-state index is 0.149. The summed E-state index contributed by atoms with van der Waals surface area (Å²) in [5.41, 5.74) is 7.08. The molecule has 128 valence electrons. The molecule has 1 aliphatic heterocycles. The van der Waals surface area contributed by atoms with Gasteiger partial charge in [0.2, 0.25) is 0 Å². The maximum absolute atomic E-state index is 12.4. The molecule has 0 unspecified atom stereocenters. The standard InChI is InChI=1S/C21H22N2O2/c1-13-4-7-15(8-5-13)20-19-16(10-11-23(20)21(24)25-3)17-12-14(2)6-9-18(17)22-19/h4-9,12,20,22H,10-11H2,1-3H3/t20-/m0/s1. The van der Waals surface area contributed by atoms with Crippen LogP contribution in [0.5, 0.6) is 0 Å². The summed E-state index contributed by atoms with van der Waals surface area (Å²) >= 11 is 0. The first kappa shape index (κ1) is 15.8. The number of nitrogens with one attached hydrogen (secondary N) is 1. The van der Waals surface area contributed by atoms with Crippen LogP contribution in [0.2, 0.25) is 0 Å². The Morgan fingerprint density at radius 2 is 1.84 bits per heavy atom. The quantitative estimate of drug-likeness (QED) is 0.712. The SMILES string of the molecule is COC(=O)N1CCc2c([nH]c3ccc(C)cc23)[C@@H]1c1ccc(C)cc1. The van der Waals surface area contributed by atoms with E-state index < -0.39 is 0 Å². The number of fused-ring (bicyclic) bond motifs is 3. The third-order valence-electron chi connectivity index (χ3n) is 5.08. The van der Waals surface area contributed by atoms with Gasteiger partial charge >= 0.3 is 6.09 Å². The zero-order valence-electron chi connectivity index (χ0n) is 14.8. The smallest absolute Gasteiger partial charge is 0.410 e. The fourth-order valence-corrected chi connectivity index (χ4v) is 3.81. The van der Waals surface area contributed by atoms with Crippen molar-refractivity contribution in [2.24, 2.45) is 0 Å². The Bertz CT molecular complexity index is 940. The van der Waals surface area contributed by atoms with Crippen LogP contribution in [-0.2, 0) is 11.2 Å². The van der Waals surface area contributed by atoms with Crippen LogP contribution >= 0.6 is 0 Å². The average molecular weight is 334 g/mol. The van der Waals surface area contributed by atoms with Crippen LogP contribution in [0.1, 0.15) is 34.0 Å². The van der Waals surface area contributed by atoms with Crippen molar-refractivity contribution in [1.82, 2.24) is 9.88 Å². The van der Waals surface area contributed by atoms with Gasteiger partial charge in [0.05, 0.1) is 7.11 Å². The van der Waals surface area contributed by atoms with Crippen LogP contribution in [0.15, 0.2) is 42.5 Å². The minimum atomic E-state index is -0.286. The Morgan fingerprint density at radius 3 is 2.56 bits per heavy atom. The molecule has 0 aliphatic carbocycles. The van der Waals surface area contributed by atoms with E-state index >= 15 is 0 Å². The lowest BCUT2D eigenvalue weighted by molar-refractivity contribution is 0.108. The Hall–Kier alpha value is -2.75. The van der Waals surface area contributed by atoms with Crippen molar-refractivity contribution >= 4 is 17.0 Å². The summed E-state index contributed by atoms with van der Waals surface area (Å²) in [6.07, 6.45) is 0.544. The van der Waals surface area contributed by atoms with E-state index in [2.05, 4.69) is 61.3 Å². The van der Waals surface area contributed by atoms with Gasteiger partial charge in [-0.3, -0.25) is 4.90 Å². The van der Waals surface area contributed by atoms with Gasteiger partial charge in [-0.05, 0) is 43.5 Å². The van der Waals surface area contributed by atoms with Gasteiger partial charge in [0.15, 0.2) is 0 Å². The summed E-state index contributed by atoms with van der Waals surface area (Å²) < 4.78 is 5.05. The summed E-state index contributed by atoms with van der Waals surface area (Å²) in [7, 11) is 1.44. The maximum atomic E-state index is 12.4. The molecule has 3 aromatic rings. The highest BCUT2D eigenvalue weighted by Crippen LogP contribution is 2.38. The van der Waals surface area contributed by atoms with E-state index in [-0.39, 0.29) is 12.1 Å². The molecule has 0 radical (unpaired) electrons. The number of H-pyrrole nitrogens is 1. The average Bonchev–Trinajstić information content (AvgIpc) is 2.99. The molecule has 4 heteroatoms. The first-order valence-electron chi connectivity index (χ1n) is 8.60. The lowest BCUT2D eigenvalue weighted by Crippen LogP contribution is -2.40. The molecule has 4 rings (SSSR count). The van der Waals surface area contributed by atoms with Gasteiger partial charge in [-0.15, -0.1) is 0 Å². The van der Waals surface area contributed by atoms with E-state index in [9.17, 15) is 4.79 Å². The molecule has 2 heterocycles. The number of rotatable bonds is 1. The first-order chi connectivity index (χ1) is 12.1. The molecule has 0 spiro atoms. The molecule has 1 aromatic heterocycles. The van der Waals surface area contributed by atoms with Crippen LogP contribution in [0.4, 0.5) is 4.79 Å². The number of aryl methyl sites for hydroxylation is 2. The van der Waals surface area contributed by atoms with Crippen molar-refractivity contribution in [3.63, 3.8) is 0 Å². The summed E-state index contributed by atoms with van der Waals surface area (Å²) in [5, 5.41) is 1.26.